The van der Waals surface area contributed by atoms with E-state index >= 15 is 0 Å². The second kappa shape index (κ2) is 9.04. The van der Waals surface area contributed by atoms with Crippen LogP contribution in [0.1, 0.15) is 72.1 Å². The third-order valence-electron chi connectivity index (χ3n) is 2.74. The van der Waals surface area contributed by atoms with Crippen LogP contribution in [0.3, 0.4) is 0 Å². The first-order valence-corrected chi connectivity index (χ1v) is 6.74. The lowest BCUT2D eigenvalue weighted by molar-refractivity contribution is -0.122. The zero-order chi connectivity index (χ0) is 13.1. The van der Waals surface area contributed by atoms with Gasteiger partial charge < -0.3 is 5.32 Å². The van der Waals surface area contributed by atoms with Gasteiger partial charge in [-0.05, 0) is 20.3 Å². The smallest absolute Gasteiger partial charge is 0.221 e. The normalized spacial score (nSPS) is 10.9. The van der Waals surface area contributed by atoms with Crippen molar-refractivity contribution >= 4 is 5.91 Å². The Morgan fingerprint density at radius 1 is 1.12 bits per heavy atom. The zero-order valence-corrected chi connectivity index (χ0v) is 11.5. The average Bonchev–Trinajstić information content (AvgIpc) is 2.27. The first kappa shape index (κ1) is 16.0. The van der Waals surface area contributed by atoms with Gasteiger partial charge in [-0.1, -0.05) is 45.4 Å². The summed E-state index contributed by atoms with van der Waals surface area (Å²) in [7, 11) is 0. The van der Waals surface area contributed by atoms with E-state index in [9.17, 15) is 4.79 Å². The van der Waals surface area contributed by atoms with Gasteiger partial charge in [0.05, 0.1) is 6.07 Å². The molecule has 0 heterocycles. The van der Waals surface area contributed by atoms with Crippen LogP contribution in [0, 0.1) is 11.3 Å². The lowest BCUT2D eigenvalue weighted by atomic mass is 10.1. The second-order valence-corrected chi connectivity index (χ2v) is 5.16. The van der Waals surface area contributed by atoms with Crippen LogP contribution in [-0.4, -0.2) is 11.4 Å². The molecule has 0 aromatic heterocycles. The fraction of sp³-hybridized carbons (Fsp3) is 0.857. The maximum Gasteiger partial charge on any atom is 0.221 e. The largest absolute Gasteiger partial charge is 0.338 e. The first-order chi connectivity index (χ1) is 8.02. The summed E-state index contributed by atoms with van der Waals surface area (Å²) < 4.78 is 0. The van der Waals surface area contributed by atoms with Gasteiger partial charge >= 0.3 is 0 Å². The molecule has 1 N–H and O–H groups in total. The lowest BCUT2D eigenvalue weighted by Crippen LogP contribution is -2.41. The van der Waals surface area contributed by atoms with Gasteiger partial charge in [-0.3, -0.25) is 4.79 Å². The number of carbonyl (C=O) groups is 1. The molecule has 0 aromatic rings. The zero-order valence-electron chi connectivity index (χ0n) is 11.5. The van der Waals surface area contributed by atoms with Crippen molar-refractivity contribution in [2.75, 3.05) is 0 Å². The van der Waals surface area contributed by atoms with E-state index in [-0.39, 0.29) is 5.91 Å². The van der Waals surface area contributed by atoms with E-state index < -0.39 is 5.54 Å². The number of unbranched alkanes of at least 4 members (excludes halogenated alkanes) is 6. The molecule has 17 heavy (non-hydrogen) atoms. The molecular formula is C14H26N2O. The van der Waals surface area contributed by atoms with Crippen LogP contribution in [0.5, 0.6) is 0 Å². The Hall–Kier alpha value is -1.04. The number of rotatable bonds is 9. The highest BCUT2D eigenvalue weighted by Gasteiger charge is 2.18. The van der Waals surface area contributed by atoms with Crippen molar-refractivity contribution in [3.05, 3.63) is 0 Å². The molecule has 0 rings (SSSR count). The number of nitrogens with one attached hydrogen (secondary N) is 1. The SMILES string of the molecule is CCCCCCCCCC(=O)NC(C)(C)C#N. The molecule has 0 aliphatic heterocycles. The summed E-state index contributed by atoms with van der Waals surface area (Å²) >= 11 is 0. The third-order valence-corrected chi connectivity index (χ3v) is 2.74. The van der Waals surface area contributed by atoms with E-state index in [0.717, 1.165) is 12.8 Å². The molecule has 0 saturated heterocycles. The molecule has 0 atom stereocenters. The van der Waals surface area contributed by atoms with Crippen molar-refractivity contribution in [3.63, 3.8) is 0 Å². The van der Waals surface area contributed by atoms with Crippen LogP contribution < -0.4 is 5.32 Å². The molecule has 3 nitrogen and oxygen atoms in total. The monoisotopic (exact) mass is 238 g/mol. The number of amides is 1. The molecule has 0 spiro atoms. The van der Waals surface area contributed by atoms with Crippen molar-refractivity contribution in [1.29, 1.82) is 5.26 Å². The Balaban J connectivity index is 3.44. The molecule has 1 amide bonds. The van der Waals surface area contributed by atoms with Crippen molar-refractivity contribution in [2.45, 2.75) is 77.7 Å². The topological polar surface area (TPSA) is 52.9 Å². The molecule has 98 valence electrons. The Morgan fingerprint density at radius 3 is 2.18 bits per heavy atom. The van der Waals surface area contributed by atoms with Crippen LogP contribution in [0.2, 0.25) is 0 Å². The van der Waals surface area contributed by atoms with Gasteiger partial charge in [0, 0.05) is 6.42 Å². The van der Waals surface area contributed by atoms with E-state index in [1.807, 2.05) is 0 Å². The molecule has 0 unspecified atom stereocenters. The molecule has 0 saturated carbocycles. The third kappa shape index (κ3) is 9.86. The van der Waals surface area contributed by atoms with Gasteiger partial charge in [-0.25, -0.2) is 0 Å². The van der Waals surface area contributed by atoms with E-state index in [2.05, 4.69) is 18.3 Å². The minimum Gasteiger partial charge on any atom is -0.338 e. The summed E-state index contributed by atoms with van der Waals surface area (Å²) in [5, 5.41) is 11.5. The van der Waals surface area contributed by atoms with Gasteiger partial charge in [0.15, 0.2) is 0 Å². The standard InChI is InChI=1S/C14H26N2O/c1-4-5-6-7-8-9-10-11-13(17)16-14(2,3)12-15/h4-11H2,1-3H3,(H,16,17). The lowest BCUT2D eigenvalue weighted by Gasteiger charge is -2.17. The fourth-order valence-electron chi connectivity index (χ4n) is 1.68. The number of hydrogen-bond donors (Lipinski definition) is 1. The number of nitrogens with zero attached hydrogens (tertiary/aromatic N) is 1. The van der Waals surface area contributed by atoms with Crippen LogP contribution in [0.4, 0.5) is 0 Å². The summed E-state index contributed by atoms with van der Waals surface area (Å²) in [5.74, 6) is -0.00916. The summed E-state index contributed by atoms with van der Waals surface area (Å²) in [6.45, 7) is 5.65. The molecule has 0 fully saturated rings. The predicted molar refractivity (Wildman–Crippen MR) is 70.4 cm³/mol. The molecule has 0 aromatic carbocycles. The maximum absolute atomic E-state index is 11.5. The molecule has 3 heteroatoms. The Labute approximate surface area is 106 Å². The first-order valence-electron chi connectivity index (χ1n) is 6.74. The predicted octanol–water partition coefficient (Wildman–Crippen LogP) is 3.55. The van der Waals surface area contributed by atoms with Crippen molar-refractivity contribution in [3.8, 4) is 6.07 Å². The van der Waals surface area contributed by atoms with Gasteiger partial charge in [0.1, 0.15) is 5.54 Å². The summed E-state index contributed by atoms with van der Waals surface area (Å²) in [6.07, 6.45) is 8.98. The van der Waals surface area contributed by atoms with Crippen molar-refractivity contribution in [2.24, 2.45) is 0 Å². The summed E-state index contributed by atoms with van der Waals surface area (Å²) in [6, 6.07) is 2.07. The van der Waals surface area contributed by atoms with Crippen LogP contribution >= 0.6 is 0 Å². The minimum absolute atomic E-state index is 0.00916. The summed E-state index contributed by atoms with van der Waals surface area (Å²) in [4.78, 5) is 11.5. The molecular weight excluding hydrogens is 212 g/mol. The number of carbonyl (C=O) groups excluding carboxylic acids is 1. The quantitative estimate of drug-likeness (QED) is 0.625. The van der Waals surface area contributed by atoms with Crippen LogP contribution in [0.15, 0.2) is 0 Å². The summed E-state index contributed by atoms with van der Waals surface area (Å²) in [5.41, 5.74) is -0.738. The van der Waals surface area contributed by atoms with E-state index in [4.69, 9.17) is 5.26 Å². The highest BCUT2D eigenvalue weighted by molar-refractivity contribution is 5.77. The van der Waals surface area contributed by atoms with Gasteiger partial charge in [0.2, 0.25) is 5.91 Å². The van der Waals surface area contributed by atoms with Gasteiger partial charge in [0.25, 0.3) is 0 Å². The maximum atomic E-state index is 11.5. The number of nitriles is 1. The Morgan fingerprint density at radius 2 is 1.65 bits per heavy atom. The van der Waals surface area contributed by atoms with Gasteiger partial charge in [-0.15, -0.1) is 0 Å². The minimum atomic E-state index is -0.738. The number of hydrogen-bond acceptors (Lipinski definition) is 2. The van der Waals surface area contributed by atoms with Crippen LogP contribution in [-0.2, 0) is 4.79 Å². The van der Waals surface area contributed by atoms with Gasteiger partial charge in [-0.2, -0.15) is 5.26 Å². The fourth-order valence-corrected chi connectivity index (χ4v) is 1.68. The average molecular weight is 238 g/mol. The van der Waals surface area contributed by atoms with Crippen molar-refractivity contribution < 1.29 is 4.79 Å². The van der Waals surface area contributed by atoms with E-state index in [1.165, 1.54) is 32.1 Å². The van der Waals surface area contributed by atoms with E-state index in [0.29, 0.717) is 6.42 Å². The molecule has 0 radical (unpaired) electrons. The molecule has 0 aliphatic rings. The molecule has 0 aliphatic carbocycles. The van der Waals surface area contributed by atoms with Crippen molar-refractivity contribution in [1.82, 2.24) is 5.32 Å². The van der Waals surface area contributed by atoms with Crippen LogP contribution in [0.25, 0.3) is 0 Å². The Kier molecular flexibility index (Phi) is 8.49. The highest BCUT2D eigenvalue weighted by atomic mass is 16.1. The van der Waals surface area contributed by atoms with E-state index in [1.54, 1.807) is 13.8 Å². The second-order valence-electron chi connectivity index (χ2n) is 5.16. The molecule has 0 bridgehead atoms. The highest BCUT2D eigenvalue weighted by Crippen LogP contribution is 2.09. The Bertz CT molecular complexity index is 253.